The normalized spacial score (nSPS) is 10.2. The van der Waals surface area contributed by atoms with Crippen LogP contribution in [0.15, 0.2) is 10.9 Å². The molecule has 1 amide bonds. The maximum Gasteiger partial charge on any atom is 0.303 e. The average molecular weight is 256 g/mol. The van der Waals surface area contributed by atoms with E-state index in [0.717, 1.165) is 5.69 Å². The van der Waals surface area contributed by atoms with Crippen LogP contribution >= 0.6 is 11.3 Å². The molecule has 1 N–H and O–H groups in total. The van der Waals surface area contributed by atoms with Gasteiger partial charge in [-0.2, -0.15) is 0 Å². The van der Waals surface area contributed by atoms with Gasteiger partial charge in [0, 0.05) is 25.3 Å². The largest absolute Gasteiger partial charge is 0.481 e. The van der Waals surface area contributed by atoms with Gasteiger partial charge in [-0.15, -0.1) is 11.3 Å². The Balaban J connectivity index is 2.20. The maximum atomic E-state index is 11.7. The number of thiazole rings is 1. The van der Waals surface area contributed by atoms with Crippen molar-refractivity contribution in [2.24, 2.45) is 0 Å². The minimum Gasteiger partial charge on any atom is -0.481 e. The van der Waals surface area contributed by atoms with E-state index in [0.29, 0.717) is 25.8 Å². The summed E-state index contributed by atoms with van der Waals surface area (Å²) in [6.45, 7) is 0.515. The SMILES string of the molecule is CN(Cc1cscn1)C(=O)CCCCC(=O)O. The molecular formula is C11H16N2O3S. The van der Waals surface area contributed by atoms with Crippen molar-refractivity contribution in [2.45, 2.75) is 32.2 Å². The third kappa shape index (κ3) is 5.44. The first-order valence-corrected chi connectivity index (χ1v) is 6.36. The number of carboxylic acids is 1. The Morgan fingerprint density at radius 3 is 2.71 bits per heavy atom. The third-order valence-corrected chi connectivity index (χ3v) is 2.97. The van der Waals surface area contributed by atoms with E-state index in [-0.39, 0.29) is 12.3 Å². The number of carboxylic acid groups (broad SMARTS) is 1. The zero-order chi connectivity index (χ0) is 12.7. The Bertz CT molecular complexity index is 365. The lowest BCUT2D eigenvalue weighted by Crippen LogP contribution is -2.26. The van der Waals surface area contributed by atoms with Crippen LogP contribution in [0.1, 0.15) is 31.4 Å². The summed E-state index contributed by atoms with van der Waals surface area (Å²) in [4.78, 5) is 27.7. The number of amides is 1. The van der Waals surface area contributed by atoms with Gasteiger partial charge in [-0.3, -0.25) is 9.59 Å². The number of nitrogens with zero attached hydrogens (tertiary/aromatic N) is 2. The highest BCUT2D eigenvalue weighted by Gasteiger charge is 2.10. The molecule has 1 aromatic rings. The molecule has 0 bridgehead atoms. The number of carbonyl (C=O) groups excluding carboxylic acids is 1. The molecule has 0 radical (unpaired) electrons. The lowest BCUT2D eigenvalue weighted by atomic mass is 10.2. The van der Waals surface area contributed by atoms with Crippen molar-refractivity contribution in [1.82, 2.24) is 9.88 Å². The van der Waals surface area contributed by atoms with Crippen molar-refractivity contribution in [1.29, 1.82) is 0 Å². The molecule has 0 saturated heterocycles. The molecule has 0 aliphatic heterocycles. The molecular weight excluding hydrogens is 240 g/mol. The summed E-state index contributed by atoms with van der Waals surface area (Å²) in [7, 11) is 1.73. The van der Waals surface area contributed by atoms with E-state index in [4.69, 9.17) is 5.11 Å². The molecule has 1 heterocycles. The maximum absolute atomic E-state index is 11.7. The fraction of sp³-hybridized carbons (Fsp3) is 0.545. The van der Waals surface area contributed by atoms with Crippen molar-refractivity contribution < 1.29 is 14.7 Å². The van der Waals surface area contributed by atoms with E-state index in [2.05, 4.69) is 4.98 Å². The van der Waals surface area contributed by atoms with Crippen molar-refractivity contribution in [2.75, 3.05) is 7.05 Å². The number of hydrogen-bond donors (Lipinski definition) is 1. The first-order chi connectivity index (χ1) is 8.09. The average Bonchev–Trinajstić information content (AvgIpc) is 2.76. The topological polar surface area (TPSA) is 70.5 Å². The molecule has 1 aromatic heterocycles. The van der Waals surface area contributed by atoms with E-state index in [1.807, 2.05) is 5.38 Å². The van der Waals surface area contributed by atoms with Gasteiger partial charge < -0.3 is 10.0 Å². The first kappa shape index (κ1) is 13.6. The minimum atomic E-state index is -0.812. The van der Waals surface area contributed by atoms with Gasteiger partial charge in [0.25, 0.3) is 0 Å². The second-order valence-electron chi connectivity index (χ2n) is 3.83. The van der Waals surface area contributed by atoms with Crippen molar-refractivity contribution in [3.8, 4) is 0 Å². The number of aromatic nitrogens is 1. The van der Waals surface area contributed by atoms with E-state index in [1.165, 1.54) is 11.3 Å². The fourth-order valence-corrected chi connectivity index (χ4v) is 1.94. The second kappa shape index (κ2) is 7.01. The molecule has 0 atom stereocenters. The van der Waals surface area contributed by atoms with Crippen LogP contribution in [0.3, 0.4) is 0 Å². The molecule has 5 nitrogen and oxygen atoms in total. The minimum absolute atomic E-state index is 0.0309. The molecule has 0 unspecified atom stereocenters. The highest BCUT2D eigenvalue weighted by atomic mass is 32.1. The van der Waals surface area contributed by atoms with Crippen LogP contribution in [0.25, 0.3) is 0 Å². The lowest BCUT2D eigenvalue weighted by Gasteiger charge is -2.15. The molecule has 17 heavy (non-hydrogen) atoms. The van der Waals surface area contributed by atoms with E-state index >= 15 is 0 Å². The summed E-state index contributed by atoms with van der Waals surface area (Å²) in [6.07, 6.45) is 1.69. The van der Waals surface area contributed by atoms with Crippen LogP contribution in [-0.4, -0.2) is 33.9 Å². The van der Waals surface area contributed by atoms with E-state index in [1.54, 1.807) is 17.5 Å². The van der Waals surface area contributed by atoms with Crippen LogP contribution < -0.4 is 0 Å². The Morgan fingerprint density at radius 2 is 2.12 bits per heavy atom. The van der Waals surface area contributed by atoms with Gasteiger partial charge in [-0.25, -0.2) is 4.98 Å². The summed E-state index contributed by atoms with van der Waals surface area (Å²) in [6, 6.07) is 0. The second-order valence-corrected chi connectivity index (χ2v) is 4.55. The molecule has 1 rings (SSSR count). The van der Waals surface area contributed by atoms with Crippen molar-refractivity contribution in [3.05, 3.63) is 16.6 Å². The number of hydrogen-bond acceptors (Lipinski definition) is 4. The zero-order valence-electron chi connectivity index (χ0n) is 9.76. The van der Waals surface area contributed by atoms with Crippen LogP contribution in [0.4, 0.5) is 0 Å². The van der Waals surface area contributed by atoms with E-state index in [9.17, 15) is 9.59 Å². The summed E-state index contributed by atoms with van der Waals surface area (Å²) in [5.74, 6) is -0.781. The van der Waals surface area contributed by atoms with E-state index < -0.39 is 5.97 Å². The van der Waals surface area contributed by atoms with Gasteiger partial charge in [-0.05, 0) is 12.8 Å². The molecule has 0 fully saturated rings. The van der Waals surface area contributed by atoms with Crippen LogP contribution in [-0.2, 0) is 16.1 Å². The quantitative estimate of drug-likeness (QED) is 0.754. The summed E-state index contributed by atoms with van der Waals surface area (Å²) in [5, 5.41) is 10.4. The number of unbranched alkanes of at least 4 members (excludes halogenated alkanes) is 1. The highest BCUT2D eigenvalue weighted by Crippen LogP contribution is 2.07. The number of carbonyl (C=O) groups is 2. The van der Waals surface area contributed by atoms with Gasteiger partial charge in [0.05, 0.1) is 17.7 Å². The molecule has 0 aromatic carbocycles. The van der Waals surface area contributed by atoms with Gasteiger partial charge in [-0.1, -0.05) is 0 Å². The third-order valence-electron chi connectivity index (χ3n) is 2.34. The van der Waals surface area contributed by atoms with Gasteiger partial charge in [0.15, 0.2) is 0 Å². The first-order valence-electron chi connectivity index (χ1n) is 5.42. The van der Waals surface area contributed by atoms with Crippen LogP contribution in [0.5, 0.6) is 0 Å². The van der Waals surface area contributed by atoms with Gasteiger partial charge in [0.1, 0.15) is 0 Å². The molecule has 0 spiro atoms. The van der Waals surface area contributed by atoms with Crippen molar-refractivity contribution >= 4 is 23.2 Å². The predicted molar refractivity (Wildman–Crippen MR) is 64.7 cm³/mol. The number of rotatable bonds is 7. The molecule has 94 valence electrons. The van der Waals surface area contributed by atoms with Gasteiger partial charge in [0.2, 0.25) is 5.91 Å². The smallest absolute Gasteiger partial charge is 0.303 e. The molecule has 0 saturated carbocycles. The Hall–Kier alpha value is -1.43. The summed E-state index contributed by atoms with van der Waals surface area (Å²) in [5.41, 5.74) is 2.62. The standard InChI is InChI=1S/C11H16N2O3S/c1-13(6-9-7-17-8-12-9)10(14)4-2-3-5-11(15)16/h7-8H,2-6H2,1H3,(H,15,16). The lowest BCUT2D eigenvalue weighted by molar-refractivity contribution is -0.137. The highest BCUT2D eigenvalue weighted by molar-refractivity contribution is 7.07. The zero-order valence-corrected chi connectivity index (χ0v) is 10.6. The Labute approximate surface area is 104 Å². The molecule has 6 heteroatoms. The summed E-state index contributed by atoms with van der Waals surface area (Å²) >= 11 is 1.50. The number of aliphatic carboxylic acids is 1. The fourth-order valence-electron chi connectivity index (χ4n) is 1.39. The van der Waals surface area contributed by atoms with Gasteiger partial charge >= 0.3 is 5.97 Å². The molecule has 0 aliphatic rings. The van der Waals surface area contributed by atoms with Crippen LogP contribution in [0.2, 0.25) is 0 Å². The Morgan fingerprint density at radius 1 is 1.41 bits per heavy atom. The van der Waals surface area contributed by atoms with Crippen molar-refractivity contribution in [3.63, 3.8) is 0 Å². The van der Waals surface area contributed by atoms with Crippen LogP contribution in [0, 0.1) is 0 Å². The molecule has 0 aliphatic carbocycles. The Kier molecular flexibility index (Phi) is 5.62. The summed E-state index contributed by atoms with van der Waals surface area (Å²) < 4.78 is 0. The predicted octanol–water partition coefficient (Wildman–Crippen LogP) is 1.75. The monoisotopic (exact) mass is 256 g/mol.